The Morgan fingerprint density at radius 3 is 1.74 bits per heavy atom. The lowest BCUT2D eigenvalue weighted by atomic mass is 9.94. The molecule has 0 bridgehead atoms. The third-order valence-corrected chi connectivity index (χ3v) is 20.2. The van der Waals surface area contributed by atoms with E-state index in [2.05, 4.69) is 17.4 Å². The minimum atomic E-state index is -5.10. The van der Waals surface area contributed by atoms with Gasteiger partial charge in [-0.05, 0) is 125 Å². The normalized spacial score (nSPS) is 19.9. The molecule has 8 N–H and O–H groups in total. The molecule has 5 heterocycles. The fraction of sp³-hybridized carbons (Fsp3) is 0.360. The first-order valence-electron chi connectivity index (χ1n) is 34.1. The molecule has 1 saturated heterocycles. The summed E-state index contributed by atoms with van der Waals surface area (Å²) in [6.07, 6.45) is -3.87. The predicted molar refractivity (Wildman–Crippen MR) is 384 cm³/mol. The van der Waals surface area contributed by atoms with E-state index in [1.165, 1.54) is 32.4 Å². The number of ketones is 1. The second-order valence-corrected chi connectivity index (χ2v) is 29.7. The number of aliphatic imine (C=N–C) groups is 2. The van der Waals surface area contributed by atoms with E-state index in [-0.39, 0.29) is 81.0 Å². The zero-order valence-corrected chi connectivity index (χ0v) is 60.0. The number of nitrogens with zero attached hydrogens (tertiary/aromatic N) is 5. The van der Waals surface area contributed by atoms with Crippen LogP contribution >= 0.6 is 0 Å². The van der Waals surface area contributed by atoms with Crippen molar-refractivity contribution in [1.82, 2.24) is 15.1 Å². The zero-order valence-electron chi connectivity index (χ0n) is 58.4. The third kappa shape index (κ3) is 18.1. The fourth-order valence-corrected chi connectivity index (χ4v) is 14.8. The van der Waals surface area contributed by atoms with Crippen molar-refractivity contribution in [2.45, 2.75) is 114 Å². The van der Waals surface area contributed by atoms with Crippen molar-refractivity contribution < 1.29 is 107 Å². The van der Waals surface area contributed by atoms with Gasteiger partial charge in [0.25, 0.3) is 27.8 Å². The first-order valence-corrected chi connectivity index (χ1v) is 37.1. The summed E-state index contributed by atoms with van der Waals surface area (Å²) in [5.74, 6) is -2.49. The van der Waals surface area contributed by atoms with Gasteiger partial charge in [-0.3, -0.25) is 33.7 Å². The molecular formula is C75H82N7O22S2+. The monoisotopic (exact) mass is 1500 g/mol. The molecular weight excluding hydrogens is 1410 g/mol. The Morgan fingerprint density at radius 2 is 1.19 bits per heavy atom. The number of fused-ring (bicyclic) bond motifs is 6. The Kier molecular flexibility index (Phi) is 23.2. The van der Waals surface area contributed by atoms with Gasteiger partial charge in [0.2, 0.25) is 6.29 Å². The number of amides is 3. The number of nitrogens with one attached hydrogen (secondary N) is 1. The molecule has 7 aromatic rings. The zero-order chi connectivity index (χ0) is 75.2. The molecule has 0 radical (unpaired) electrons. The van der Waals surface area contributed by atoms with Crippen LogP contribution in [-0.2, 0) is 87.0 Å². The molecule has 0 saturated carbocycles. The van der Waals surface area contributed by atoms with E-state index in [0.717, 1.165) is 56.6 Å². The average molecular weight is 1500 g/mol. The maximum Gasteiger partial charge on any atom is 0.501 e. The highest BCUT2D eigenvalue weighted by Gasteiger charge is 2.45. The summed E-state index contributed by atoms with van der Waals surface area (Å²) in [6.45, 7) is 0.883. The number of aliphatic hydroxyl groups excluding tert-OH is 4. The van der Waals surface area contributed by atoms with Gasteiger partial charge in [-0.1, -0.05) is 48.5 Å². The van der Waals surface area contributed by atoms with Crippen molar-refractivity contribution in [3.05, 3.63) is 195 Å². The van der Waals surface area contributed by atoms with E-state index < -0.39 is 92.8 Å². The van der Waals surface area contributed by atoms with E-state index in [4.69, 9.17) is 61.8 Å². The van der Waals surface area contributed by atoms with Crippen molar-refractivity contribution >= 4 is 67.8 Å². The molecule has 560 valence electrons. The molecule has 12 rings (SSSR count). The smallest absolute Gasteiger partial charge is 0.493 e. The van der Waals surface area contributed by atoms with Crippen LogP contribution in [0, 0.1) is 0 Å². The number of nitrogens with two attached hydrogens (primary N) is 1. The Hall–Kier alpha value is -9.90. The topological polar surface area (TPSA) is 390 Å². The van der Waals surface area contributed by atoms with Gasteiger partial charge < -0.3 is 87.3 Å². The summed E-state index contributed by atoms with van der Waals surface area (Å²) >= 11 is 0. The molecule has 7 aromatic carbocycles. The molecule has 1 unspecified atom stereocenters. The Bertz CT molecular complexity index is 4590. The molecule has 29 nitrogen and oxygen atoms in total. The summed E-state index contributed by atoms with van der Waals surface area (Å²) in [4.78, 5) is 67.4. The van der Waals surface area contributed by atoms with Crippen molar-refractivity contribution in [1.29, 1.82) is 0 Å². The quantitative estimate of drug-likeness (QED) is 0.0168. The molecule has 31 heteroatoms. The molecule has 1 fully saturated rings. The highest BCUT2D eigenvalue weighted by atomic mass is 32.3. The lowest BCUT2D eigenvalue weighted by Crippen LogP contribution is -2.60. The van der Waals surface area contributed by atoms with E-state index >= 15 is 0 Å². The Morgan fingerprint density at radius 1 is 0.642 bits per heavy atom. The van der Waals surface area contributed by atoms with Crippen LogP contribution in [0.4, 0.5) is 11.4 Å². The van der Waals surface area contributed by atoms with Crippen molar-refractivity contribution in [2.24, 2.45) is 15.7 Å². The van der Waals surface area contributed by atoms with Crippen LogP contribution in [0.2, 0.25) is 0 Å². The number of ether oxygens (including phenoxy) is 7. The first-order chi connectivity index (χ1) is 50.7. The van der Waals surface area contributed by atoms with Gasteiger partial charge in [-0.25, -0.2) is 0 Å². The second kappa shape index (κ2) is 32.4. The van der Waals surface area contributed by atoms with Gasteiger partial charge in [0.15, 0.2) is 40.3 Å². The maximum absolute atomic E-state index is 14.3. The molecule has 106 heavy (non-hydrogen) atoms. The van der Waals surface area contributed by atoms with Crippen LogP contribution in [0.15, 0.2) is 143 Å². The Labute approximate surface area is 611 Å². The van der Waals surface area contributed by atoms with Crippen LogP contribution in [0.3, 0.4) is 0 Å². The first kappa shape index (κ1) is 75.8. The maximum atomic E-state index is 14.3. The average Bonchev–Trinajstić information content (AvgIpc) is 1.58. The Balaban J connectivity index is 0.747. The van der Waals surface area contributed by atoms with E-state index in [0.29, 0.717) is 89.0 Å². The minimum Gasteiger partial charge on any atom is -0.493 e. The number of Topliss-reactive ketones (excluding diaryl/α,β-unsaturated/α-hetero) is 1. The number of carbonyl (C=O) groups excluding carboxylic acids is 4. The lowest BCUT2D eigenvalue weighted by molar-refractivity contribution is -0.916. The fourth-order valence-electron chi connectivity index (χ4n) is 13.4. The summed E-state index contributed by atoms with van der Waals surface area (Å²) in [6, 6.07) is 36.5. The summed E-state index contributed by atoms with van der Waals surface area (Å²) in [5.41, 5.74) is 14.7. The SMILES string of the molecule is COc1cc2c(cc1OCc1cc(COc3cc4c(cc3OC)C(=O)N3Cc5ccccc5C[C@H]3C=N4)cc(C[N+](C)(C)Cc3ccc(OS(=O)(=O)Oc4cc(C(=O)NCCOCCCC(=O)[C@H](N)CS(=O)(=O)O)ccc4OC4O[C@H](CO)[C@H](O)[C@H](O)[C@H]4O)cc3)c1)N=C[C@@H]1Cc3ccccc3CN1C2=O. The highest BCUT2D eigenvalue weighted by Crippen LogP contribution is 2.42. The molecule has 8 atom stereocenters. The summed E-state index contributed by atoms with van der Waals surface area (Å²) in [5, 5.41) is 44.1. The minimum absolute atomic E-state index is 0.0240. The lowest BCUT2D eigenvalue weighted by Gasteiger charge is -2.39. The largest absolute Gasteiger partial charge is 0.501 e. The molecule has 5 aliphatic rings. The molecule has 0 aromatic heterocycles. The van der Waals surface area contributed by atoms with Crippen molar-refractivity contribution in [2.75, 3.05) is 60.4 Å². The molecule has 5 aliphatic heterocycles. The molecule has 3 amide bonds. The standard InChI is InChI=1S/C75H81N7O22S2/c1-82(2,38-44-15-18-55(19-16-44)103-106(94,95)104-67-29-50(17-20-62(67)101-75-71(87)70(86)69(85)68(40-83)102-75)72(88)77-21-23-98-22-9-14-61(84)58(76)43-105(91,92)93)39-45-24-46(41-99-65-32-59-56(30-63(65)96-3)73(89)80-36-51-12-7-5-10-48(51)27-53(80)34-78-59)26-47(25-45)42-100-66-33-60-57(31-64(66)97-4)74(90)81-37-52-13-8-6-11-49(52)28-54(81)35-79-60/h5-8,10-13,15-20,24-26,29-35,53-54,58,68-71,75,83,85-87H,9,14,21-23,27-28,36-43,76H2,1-4H3,(H-,77,88,91,92,93)/p+1/t53-,54-,58+,68+,69-,70-,71+,75?/m0/s1. The van der Waals surface area contributed by atoms with Crippen molar-refractivity contribution in [3.8, 4) is 40.2 Å². The number of hydrogen-bond donors (Lipinski definition) is 7. The van der Waals surface area contributed by atoms with E-state index in [1.54, 1.807) is 36.4 Å². The van der Waals surface area contributed by atoms with Crippen LogP contribution in [0.1, 0.15) is 88.4 Å². The number of hydrogen-bond acceptors (Lipinski definition) is 24. The number of rotatable bonds is 30. The summed E-state index contributed by atoms with van der Waals surface area (Å²) in [7, 11) is -2.51. The van der Waals surface area contributed by atoms with Gasteiger partial charge in [0.1, 0.15) is 56.5 Å². The van der Waals surface area contributed by atoms with Gasteiger partial charge >= 0.3 is 10.4 Å². The van der Waals surface area contributed by atoms with Gasteiger partial charge in [0, 0.05) is 73.9 Å². The third-order valence-electron chi connectivity index (χ3n) is 18.7. The number of quaternary nitrogens is 1. The molecule has 0 aliphatic carbocycles. The van der Waals surface area contributed by atoms with Gasteiger partial charge in [-0.15, -0.1) is 8.42 Å². The number of methoxy groups -OCH3 is 2. The number of carbonyl (C=O) groups is 4. The van der Waals surface area contributed by atoms with Crippen LogP contribution in [-0.4, -0.2) is 201 Å². The number of benzene rings is 7. The van der Waals surface area contributed by atoms with E-state index in [1.807, 2.05) is 90.9 Å². The van der Waals surface area contributed by atoms with E-state index in [9.17, 15) is 56.4 Å². The van der Waals surface area contributed by atoms with Gasteiger partial charge in [0.05, 0.1) is 87.9 Å². The number of aliphatic hydroxyl groups is 4. The second-order valence-electron chi connectivity index (χ2n) is 27.0. The highest BCUT2D eigenvalue weighted by molar-refractivity contribution is 7.85. The molecule has 0 spiro atoms. The van der Waals surface area contributed by atoms with Gasteiger partial charge in [-0.2, -0.15) is 8.42 Å². The predicted octanol–water partition coefficient (Wildman–Crippen LogP) is 5.40. The van der Waals surface area contributed by atoms with Crippen LogP contribution < -0.4 is 43.1 Å². The van der Waals surface area contributed by atoms with Crippen molar-refractivity contribution in [3.63, 3.8) is 0 Å². The summed E-state index contributed by atoms with van der Waals surface area (Å²) < 4.78 is 112. The van der Waals surface area contributed by atoms with Crippen LogP contribution in [0.25, 0.3) is 0 Å². The van der Waals surface area contributed by atoms with Crippen LogP contribution in [0.5, 0.6) is 40.2 Å².